The maximum atomic E-state index is 5.73. The Labute approximate surface area is 91.4 Å². The summed E-state index contributed by atoms with van der Waals surface area (Å²) in [6.45, 7) is 7.34. The molecule has 1 fully saturated rings. The van der Waals surface area contributed by atoms with Crippen molar-refractivity contribution in [3.63, 3.8) is 0 Å². The van der Waals surface area contributed by atoms with Crippen LogP contribution in [0.2, 0.25) is 0 Å². The van der Waals surface area contributed by atoms with Crippen molar-refractivity contribution in [3.05, 3.63) is 35.4 Å². The van der Waals surface area contributed by atoms with E-state index in [9.17, 15) is 0 Å². The van der Waals surface area contributed by atoms with Crippen molar-refractivity contribution in [1.29, 1.82) is 0 Å². The second-order valence-electron chi connectivity index (χ2n) is 4.24. The minimum atomic E-state index is 0.978. The lowest BCUT2D eigenvalue weighted by molar-refractivity contribution is 0.128. The Morgan fingerprint density at radius 3 is 2.47 bits per heavy atom. The van der Waals surface area contributed by atoms with Crippen LogP contribution in [-0.4, -0.2) is 36.1 Å². The summed E-state index contributed by atoms with van der Waals surface area (Å²) in [5, 5.41) is 1.90. The van der Waals surface area contributed by atoms with E-state index in [4.69, 9.17) is 5.84 Å². The van der Waals surface area contributed by atoms with Gasteiger partial charge in [0.25, 0.3) is 0 Å². The van der Waals surface area contributed by atoms with Crippen molar-refractivity contribution < 1.29 is 0 Å². The highest BCUT2D eigenvalue weighted by Crippen LogP contribution is 2.11. The molecule has 0 aromatic heterocycles. The van der Waals surface area contributed by atoms with Crippen molar-refractivity contribution in [2.75, 3.05) is 26.2 Å². The van der Waals surface area contributed by atoms with E-state index < -0.39 is 0 Å². The Morgan fingerprint density at radius 1 is 1.13 bits per heavy atom. The van der Waals surface area contributed by atoms with Crippen LogP contribution in [0.25, 0.3) is 0 Å². The Bertz CT molecular complexity index is 316. The van der Waals surface area contributed by atoms with E-state index in [1.807, 2.05) is 5.01 Å². The van der Waals surface area contributed by atoms with Gasteiger partial charge < -0.3 is 0 Å². The molecular weight excluding hydrogens is 186 g/mol. The van der Waals surface area contributed by atoms with Gasteiger partial charge in [-0.1, -0.05) is 24.3 Å². The van der Waals surface area contributed by atoms with Gasteiger partial charge in [0.15, 0.2) is 0 Å². The van der Waals surface area contributed by atoms with E-state index in [-0.39, 0.29) is 0 Å². The first-order chi connectivity index (χ1) is 7.25. The monoisotopic (exact) mass is 205 g/mol. The highest BCUT2D eigenvalue weighted by molar-refractivity contribution is 5.25. The lowest BCUT2D eigenvalue weighted by Crippen LogP contribution is -2.48. The Hall–Kier alpha value is -0.900. The molecular formula is C12H19N3. The largest absolute Gasteiger partial charge is 0.296 e. The molecule has 1 aliphatic rings. The molecule has 1 aliphatic heterocycles. The summed E-state index contributed by atoms with van der Waals surface area (Å²) in [6, 6.07) is 8.59. The average molecular weight is 205 g/mol. The number of rotatable bonds is 2. The summed E-state index contributed by atoms with van der Waals surface area (Å²) in [5.74, 6) is 5.73. The van der Waals surface area contributed by atoms with Crippen molar-refractivity contribution in [3.8, 4) is 0 Å². The molecule has 3 nitrogen and oxygen atoms in total. The van der Waals surface area contributed by atoms with Crippen LogP contribution in [0.15, 0.2) is 24.3 Å². The summed E-state index contributed by atoms with van der Waals surface area (Å²) in [7, 11) is 0. The molecule has 0 aliphatic carbocycles. The van der Waals surface area contributed by atoms with Crippen molar-refractivity contribution >= 4 is 0 Å². The van der Waals surface area contributed by atoms with Gasteiger partial charge in [-0.05, 0) is 18.1 Å². The third-order valence-corrected chi connectivity index (χ3v) is 3.06. The predicted octanol–water partition coefficient (Wildman–Crippen LogP) is 0.986. The zero-order valence-electron chi connectivity index (χ0n) is 9.32. The zero-order chi connectivity index (χ0) is 10.7. The van der Waals surface area contributed by atoms with Crippen molar-refractivity contribution in [2.24, 2.45) is 5.84 Å². The molecule has 0 unspecified atom stereocenters. The normalized spacial score (nSPS) is 19.3. The standard InChI is InChI=1S/C12H19N3/c1-11-4-2-3-5-12(11)10-14-6-8-15(13)9-7-14/h2-5H,6-10,13H2,1H3. The number of piperazine rings is 1. The van der Waals surface area contributed by atoms with Crippen molar-refractivity contribution in [1.82, 2.24) is 9.91 Å². The number of nitrogens with two attached hydrogens (primary N) is 1. The van der Waals surface area contributed by atoms with Gasteiger partial charge in [-0.25, -0.2) is 5.01 Å². The molecule has 2 N–H and O–H groups in total. The molecule has 0 saturated carbocycles. The van der Waals surface area contributed by atoms with Crippen LogP contribution >= 0.6 is 0 Å². The van der Waals surface area contributed by atoms with Gasteiger partial charge in [0.2, 0.25) is 0 Å². The van der Waals surface area contributed by atoms with Gasteiger partial charge in [-0.3, -0.25) is 10.7 Å². The van der Waals surface area contributed by atoms with Crippen LogP contribution in [0.4, 0.5) is 0 Å². The molecule has 15 heavy (non-hydrogen) atoms. The quantitative estimate of drug-likeness (QED) is 0.731. The second-order valence-corrected chi connectivity index (χ2v) is 4.24. The van der Waals surface area contributed by atoms with E-state index in [2.05, 4.69) is 36.1 Å². The minimum Gasteiger partial charge on any atom is -0.296 e. The van der Waals surface area contributed by atoms with Gasteiger partial charge in [-0.15, -0.1) is 0 Å². The fourth-order valence-corrected chi connectivity index (χ4v) is 1.95. The molecule has 0 bridgehead atoms. The third kappa shape index (κ3) is 2.78. The van der Waals surface area contributed by atoms with Crippen LogP contribution in [-0.2, 0) is 6.54 Å². The van der Waals surface area contributed by atoms with Gasteiger partial charge in [0, 0.05) is 32.7 Å². The maximum Gasteiger partial charge on any atom is 0.0257 e. The van der Waals surface area contributed by atoms with E-state index in [1.54, 1.807) is 0 Å². The fourth-order valence-electron chi connectivity index (χ4n) is 1.95. The number of nitrogens with zero attached hydrogens (tertiary/aromatic N) is 2. The van der Waals surface area contributed by atoms with Gasteiger partial charge >= 0.3 is 0 Å². The Kier molecular flexibility index (Phi) is 3.36. The van der Waals surface area contributed by atoms with E-state index in [0.29, 0.717) is 0 Å². The third-order valence-electron chi connectivity index (χ3n) is 3.06. The first kappa shape index (κ1) is 10.6. The summed E-state index contributed by atoms with van der Waals surface area (Å²) in [5.41, 5.74) is 2.82. The SMILES string of the molecule is Cc1ccccc1CN1CCN(N)CC1. The highest BCUT2D eigenvalue weighted by atomic mass is 15.4. The van der Waals surface area contributed by atoms with Crippen LogP contribution in [0.1, 0.15) is 11.1 Å². The summed E-state index contributed by atoms with van der Waals surface area (Å²) in [4.78, 5) is 2.46. The predicted molar refractivity (Wildman–Crippen MR) is 62.2 cm³/mol. The maximum absolute atomic E-state index is 5.73. The molecule has 1 heterocycles. The molecule has 2 rings (SSSR count). The van der Waals surface area contributed by atoms with E-state index in [1.165, 1.54) is 11.1 Å². The number of hydrazine groups is 1. The average Bonchev–Trinajstić information content (AvgIpc) is 2.25. The van der Waals surface area contributed by atoms with Gasteiger partial charge in [-0.2, -0.15) is 0 Å². The van der Waals surface area contributed by atoms with Crippen LogP contribution in [0.3, 0.4) is 0 Å². The number of hydrogen-bond donors (Lipinski definition) is 1. The molecule has 0 atom stereocenters. The Balaban J connectivity index is 1.95. The second kappa shape index (κ2) is 4.75. The summed E-state index contributed by atoms with van der Waals surface area (Å²) in [6.07, 6.45) is 0. The molecule has 82 valence electrons. The van der Waals surface area contributed by atoms with Crippen LogP contribution < -0.4 is 5.84 Å². The van der Waals surface area contributed by atoms with Crippen molar-refractivity contribution in [2.45, 2.75) is 13.5 Å². The number of aryl methyl sites for hydroxylation is 1. The first-order valence-corrected chi connectivity index (χ1v) is 5.52. The van der Waals surface area contributed by atoms with Crippen LogP contribution in [0.5, 0.6) is 0 Å². The van der Waals surface area contributed by atoms with Crippen LogP contribution in [0, 0.1) is 6.92 Å². The highest BCUT2D eigenvalue weighted by Gasteiger charge is 2.14. The summed E-state index contributed by atoms with van der Waals surface area (Å²) < 4.78 is 0. The van der Waals surface area contributed by atoms with Gasteiger partial charge in [0.05, 0.1) is 0 Å². The van der Waals surface area contributed by atoms with E-state index in [0.717, 1.165) is 32.7 Å². The lowest BCUT2D eigenvalue weighted by atomic mass is 10.1. The topological polar surface area (TPSA) is 32.5 Å². The lowest BCUT2D eigenvalue weighted by Gasteiger charge is -2.32. The first-order valence-electron chi connectivity index (χ1n) is 5.52. The zero-order valence-corrected chi connectivity index (χ0v) is 9.32. The molecule has 3 heteroatoms. The van der Waals surface area contributed by atoms with Gasteiger partial charge in [0.1, 0.15) is 0 Å². The molecule has 1 aromatic carbocycles. The van der Waals surface area contributed by atoms with E-state index >= 15 is 0 Å². The molecule has 0 radical (unpaired) electrons. The molecule has 1 saturated heterocycles. The molecule has 1 aromatic rings. The Morgan fingerprint density at radius 2 is 1.80 bits per heavy atom. The molecule has 0 amide bonds. The smallest absolute Gasteiger partial charge is 0.0257 e. The number of benzene rings is 1. The minimum absolute atomic E-state index is 0.978. The number of hydrogen-bond acceptors (Lipinski definition) is 3. The molecule has 0 spiro atoms. The fraction of sp³-hybridized carbons (Fsp3) is 0.500. The summed E-state index contributed by atoms with van der Waals surface area (Å²) >= 11 is 0.